The fourth-order valence-corrected chi connectivity index (χ4v) is 2.19. The molecule has 88 valence electrons. The lowest BCUT2D eigenvalue weighted by atomic mass is 9.83. The Kier molecular flexibility index (Phi) is 4.11. The molecule has 0 spiro atoms. The molecular weight excluding hydrogens is 190 g/mol. The first kappa shape index (κ1) is 12.5. The van der Waals surface area contributed by atoms with Crippen LogP contribution in [0.25, 0.3) is 0 Å². The average molecular weight is 213 g/mol. The van der Waals surface area contributed by atoms with Gasteiger partial charge in [-0.2, -0.15) is 0 Å². The highest BCUT2D eigenvalue weighted by atomic mass is 16.1. The molecule has 0 aromatic carbocycles. The van der Waals surface area contributed by atoms with Crippen LogP contribution in [0.4, 0.5) is 0 Å². The molecule has 1 aliphatic rings. The van der Waals surface area contributed by atoms with Crippen LogP contribution < -0.4 is 11.1 Å². The number of carbonyl (C=O) groups is 1. The number of likely N-dealkylation sites (tertiary alicyclic amines) is 1. The van der Waals surface area contributed by atoms with E-state index < -0.39 is 5.54 Å². The highest BCUT2D eigenvalue weighted by Gasteiger charge is 2.41. The number of carbonyl (C=O) groups excluding carboxylic acids is 1. The maximum atomic E-state index is 11.6. The van der Waals surface area contributed by atoms with Crippen LogP contribution in [0.3, 0.4) is 0 Å². The van der Waals surface area contributed by atoms with Gasteiger partial charge in [0.15, 0.2) is 0 Å². The van der Waals surface area contributed by atoms with E-state index in [1.165, 1.54) is 0 Å². The first-order chi connectivity index (χ1) is 7.02. The zero-order valence-electron chi connectivity index (χ0n) is 10.0. The van der Waals surface area contributed by atoms with Crippen LogP contribution in [-0.4, -0.2) is 42.5 Å². The third-order valence-corrected chi connectivity index (χ3v) is 3.47. The van der Waals surface area contributed by atoms with Crippen LogP contribution in [0.5, 0.6) is 0 Å². The summed E-state index contributed by atoms with van der Waals surface area (Å²) < 4.78 is 0. The van der Waals surface area contributed by atoms with Crippen molar-refractivity contribution >= 4 is 5.91 Å². The second-order valence-corrected chi connectivity index (χ2v) is 4.66. The van der Waals surface area contributed by atoms with Crippen molar-refractivity contribution in [1.82, 2.24) is 10.2 Å². The molecule has 2 atom stereocenters. The summed E-state index contributed by atoms with van der Waals surface area (Å²) in [6.07, 6.45) is 2.67. The molecule has 0 aliphatic carbocycles. The zero-order valence-corrected chi connectivity index (χ0v) is 10.0. The van der Waals surface area contributed by atoms with E-state index >= 15 is 0 Å². The van der Waals surface area contributed by atoms with Crippen molar-refractivity contribution in [3.8, 4) is 0 Å². The Hall–Kier alpha value is -0.610. The van der Waals surface area contributed by atoms with Crippen molar-refractivity contribution in [1.29, 1.82) is 0 Å². The summed E-state index contributed by atoms with van der Waals surface area (Å²) in [7, 11) is 2.09. The van der Waals surface area contributed by atoms with E-state index in [0.717, 1.165) is 32.4 Å². The predicted molar refractivity (Wildman–Crippen MR) is 61.5 cm³/mol. The number of piperidine rings is 1. The summed E-state index contributed by atoms with van der Waals surface area (Å²) in [5.74, 6) is -0.198. The van der Waals surface area contributed by atoms with E-state index in [4.69, 9.17) is 5.73 Å². The molecule has 4 nitrogen and oxygen atoms in total. The summed E-state index contributed by atoms with van der Waals surface area (Å²) in [5, 5.41) is 3.33. The van der Waals surface area contributed by atoms with Crippen molar-refractivity contribution in [2.24, 2.45) is 5.73 Å². The molecule has 1 saturated heterocycles. The molecule has 0 radical (unpaired) electrons. The van der Waals surface area contributed by atoms with Crippen LogP contribution in [0.2, 0.25) is 0 Å². The van der Waals surface area contributed by atoms with Crippen molar-refractivity contribution in [2.45, 2.75) is 44.7 Å². The molecule has 3 N–H and O–H groups in total. The number of amides is 1. The summed E-state index contributed by atoms with van der Waals surface area (Å²) in [6.45, 7) is 6.03. The van der Waals surface area contributed by atoms with Gasteiger partial charge in [0.2, 0.25) is 5.91 Å². The number of nitrogens with one attached hydrogen (secondary N) is 1. The van der Waals surface area contributed by atoms with Crippen LogP contribution in [0.1, 0.15) is 33.1 Å². The van der Waals surface area contributed by atoms with Gasteiger partial charge in [-0.15, -0.1) is 0 Å². The Balaban J connectivity index is 2.70. The lowest BCUT2D eigenvalue weighted by Crippen LogP contribution is -2.62. The number of hydrogen-bond donors (Lipinski definition) is 2. The third kappa shape index (κ3) is 2.69. The van der Waals surface area contributed by atoms with Crippen LogP contribution in [-0.2, 0) is 4.79 Å². The number of nitrogens with zero attached hydrogens (tertiary/aromatic N) is 1. The predicted octanol–water partition coefficient (Wildman–Crippen LogP) is 0.324. The molecule has 0 aromatic rings. The molecule has 1 rings (SSSR count). The van der Waals surface area contributed by atoms with Gasteiger partial charge in [-0.25, -0.2) is 0 Å². The molecule has 1 aliphatic heterocycles. The monoisotopic (exact) mass is 213 g/mol. The maximum Gasteiger partial charge on any atom is 0.237 e. The Morgan fingerprint density at radius 1 is 1.67 bits per heavy atom. The number of rotatable bonds is 4. The van der Waals surface area contributed by atoms with Crippen LogP contribution in [0.15, 0.2) is 0 Å². The quantitative estimate of drug-likeness (QED) is 0.707. The number of primary amides is 1. The normalized spacial score (nSPS) is 32.9. The Labute approximate surface area is 92.2 Å². The molecule has 4 heteroatoms. The van der Waals surface area contributed by atoms with Crippen LogP contribution >= 0.6 is 0 Å². The SMILES string of the molecule is CCCNC1(C(N)=O)CCN(C)C(C)C1. The molecule has 1 heterocycles. The largest absolute Gasteiger partial charge is 0.368 e. The van der Waals surface area contributed by atoms with Gasteiger partial charge in [-0.1, -0.05) is 6.92 Å². The van der Waals surface area contributed by atoms with Crippen molar-refractivity contribution < 1.29 is 4.79 Å². The lowest BCUT2D eigenvalue weighted by Gasteiger charge is -2.43. The van der Waals surface area contributed by atoms with E-state index in [-0.39, 0.29) is 5.91 Å². The molecule has 15 heavy (non-hydrogen) atoms. The number of hydrogen-bond acceptors (Lipinski definition) is 3. The summed E-state index contributed by atoms with van der Waals surface area (Å²) in [5.41, 5.74) is 5.06. The summed E-state index contributed by atoms with van der Waals surface area (Å²) in [4.78, 5) is 13.8. The maximum absolute atomic E-state index is 11.6. The number of nitrogens with two attached hydrogens (primary N) is 1. The molecule has 0 saturated carbocycles. The first-order valence-corrected chi connectivity index (χ1v) is 5.77. The molecule has 0 bridgehead atoms. The summed E-state index contributed by atoms with van der Waals surface area (Å²) in [6, 6.07) is 0.413. The Morgan fingerprint density at radius 3 is 2.80 bits per heavy atom. The Morgan fingerprint density at radius 2 is 2.33 bits per heavy atom. The third-order valence-electron chi connectivity index (χ3n) is 3.47. The minimum Gasteiger partial charge on any atom is -0.368 e. The van der Waals surface area contributed by atoms with E-state index in [1.54, 1.807) is 0 Å². The zero-order chi connectivity index (χ0) is 11.5. The van der Waals surface area contributed by atoms with Gasteiger partial charge in [-0.05, 0) is 39.8 Å². The average Bonchev–Trinajstić information content (AvgIpc) is 2.20. The minimum absolute atomic E-state index is 0.198. The van der Waals surface area contributed by atoms with Gasteiger partial charge in [0.05, 0.1) is 0 Å². The van der Waals surface area contributed by atoms with Gasteiger partial charge < -0.3 is 16.0 Å². The van der Waals surface area contributed by atoms with Crippen molar-refractivity contribution in [3.63, 3.8) is 0 Å². The molecule has 2 unspecified atom stereocenters. The topological polar surface area (TPSA) is 58.4 Å². The lowest BCUT2D eigenvalue weighted by molar-refractivity contribution is -0.127. The highest BCUT2D eigenvalue weighted by Crippen LogP contribution is 2.25. The molecule has 1 amide bonds. The van der Waals surface area contributed by atoms with Crippen molar-refractivity contribution in [3.05, 3.63) is 0 Å². The highest BCUT2D eigenvalue weighted by molar-refractivity contribution is 5.84. The second-order valence-electron chi connectivity index (χ2n) is 4.66. The van der Waals surface area contributed by atoms with Gasteiger partial charge in [0.25, 0.3) is 0 Å². The summed E-state index contributed by atoms with van der Waals surface area (Å²) >= 11 is 0. The van der Waals surface area contributed by atoms with Gasteiger partial charge >= 0.3 is 0 Å². The first-order valence-electron chi connectivity index (χ1n) is 5.77. The van der Waals surface area contributed by atoms with E-state index in [1.807, 2.05) is 0 Å². The van der Waals surface area contributed by atoms with E-state index in [9.17, 15) is 4.79 Å². The molecule has 0 aromatic heterocycles. The minimum atomic E-state index is -0.470. The van der Waals surface area contributed by atoms with Crippen molar-refractivity contribution in [2.75, 3.05) is 20.1 Å². The Bertz CT molecular complexity index is 228. The smallest absolute Gasteiger partial charge is 0.237 e. The fraction of sp³-hybridized carbons (Fsp3) is 0.909. The standard InChI is InChI=1S/C11H23N3O/c1-4-6-13-11(10(12)15)5-7-14(3)9(2)8-11/h9,13H,4-8H2,1-3H3,(H2,12,15). The van der Waals surface area contributed by atoms with Gasteiger partial charge in [0.1, 0.15) is 5.54 Å². The van der Waals surface area contributed by atoms with Gasteiger partial charge in [-0.3, -0.25) is 4.79 Å². The van der Waals surface area contributed by atoms with E-state index in [0.29, 0.717) is 6.04 Å². The van der Waals surface area contributed by atoms with Crippen LogP contribution in [0, 0.1) is 0 Å². The van der Waals surface area contributed by atoms with E-state index in [2.05, 4.69) is 31.1 Å². The molecular formula is C11H23N3O. The second kappa shape index (κ2) is 4.94. The molecule has 1 fully saturated rings. The van der Waals surface area contributed by atoms with Gasteiger partial charge in [0, 0.05) is 12.6 Å². The fourth-order valence-electron chi connectivity index (χ4n) is 2.19.